The number of nitrogens with two attached hydrogens (primary N) is 1. The van der Waals surface area contributed by atoms with Gasteiger partial charge in [-0.15, -0.1) is 0 Å². The zero-order valence-corrected chi connectivity index (χ0v) is 19.0. The Labute approximate surface area is 196 Å². The highest BCUT2D eigenvalue weighted by atomic mass is 19.4. The van der Waals surface area contributed by atoms with E-state index < -0.39 is 52.6 Å². The second-order valence-electron chi connectivity index (χ2n) is 9.27. The Morgan fingerprint density at radius 2 is 1.91 bits per heavy atom. The molecule has 188 valence electrons. The molecule has 0 radical (unpaired) electrons. The van der Waals surface area contributed by atoms with Crippen LogP contribution in [-0.2, 0) is 15.0 Å². The number of ether oxygens (including phenoxy) is 3. The number of methoxy groups -OCH3 is 1. The first-order valence-corrected chi connectivity index (χ1v) is 10.9. The maximum absolute atomic E-state index is 14.6. The van der Waals surface area contributed by atoms with Crippen molar-refractivity contribution in [1.82, 2.24) is 15.0 Å². The van der Waals surface area contributed by atoms with Gasteiger partial charge in [-0.05, 0) is 19.1 Å². The Hall–Kier alpha value is -2.83. The molecule has 0 aliphatic carbocycles. The summed E-state index contributed by atoms with van der Waals surface area (Å²) in [5.41, 5.74) is 4.22. The summed E-state index contributed by atoms with van der Waals surface area (Å²) < 4.78 is 87.1. The number of aromatic nitrogens is 3. The number of hydrogen-bond acceptors (Lipinski definition) is 6. The summed E-state index contributed by atoms with van der Waals surface area (Å²) in [6.45, 7) is 2.74. The van der Waals surface area contributed by atoms with E-state index in [1.165, 1.54) is 19.2 Å². The van der Waals surface area contributed by atoms with Gasteiger partial charge in [-0.2, -0.15) is 17.6 Å². The molecular weight excluding hydrogens is 475 g/mol. The number of halogens is 5. The van der Waals surface area contributed by atoms with E-state index in [9.17, 15) is 22.0 Å². The lowest BCUT2D eigenvalue weighted by atomic mass is 9.77. The number of fused-ring (bicyclic) bond motifs is 1. The maximum atomic E-state index is 14.6. The summed E-state index contributed by atoms with van der Waals surface area (Å²) in [7, 11) is 1.13. The molecule has 0 spiro atoms. The summed E-state index contributed by atoms with van der Waals surface area (Å²) in [5.74, 6) is -5.16. The number of nitrogens with one attached hydrogen (secondary N) is 1. The van der Waals surface area contributed by atoms with E-state index in [1.807, 2.05) is 0 Å². The highest BCUT2D eigenvalue weighted by Crippen LogP contribution is 2.59. The van der Waals surface area contributed by atoms with E-state index in [4.69, 9.17) is 19.9 Å². The second-order valence-corrected chi connectivity index (χ2v) is 9.27. The van der Waals surface area contributed by atoms with Crippen LogP contribution in [0.25, 0.3) is 11.0 Å². The quantitative estimate of drug-likeness (QED) is 0.523. The standard InChI is InChI=1S/C23H23F5N4O3/c1-10-14(11-4-5-12(24)15(25)17(11)33-3)18(35-21(10,2)23(26,27)28)20-31-13-6-7-30-19(16(13)32-20)22(29)8-34-9-22/h4-7,10,14,18H,8-9,29H2,1-3H3,(H,31,32)/t10-,14-,18+,21+/m0/s1. The molecular formula is C23H23F5N4O3. The van der Waals surface area contributed by atoms with Crippen molar-refractivity contribution in [1.29, 1.82) is 0 Å². The molecule has 4 atom stereocenters. The number of hydrogen-bond donors (Lipinski definition) is 2. The highest BCUT2D eigenvalue weighted by molar-refractivity contribution is 5.78. The van der Waals surface area contributed by atoms with Crippen molar-refractivity contribution in [3.8, 4) is 5.75 Å². The second kappa shape index (κ2) is 7.84. The summed E-state index contributed by atoms with van der Waals surface area (Å²) in [6.07, 6.45) is -4.53. The van der Waals surface area contributed by atoms with Gasteiger partial charge in [-0.3, -0.25) is 4.98 Å². The predicted octanol–water partition coefficient (Wildman–Crippen LogP) is 4.24. The molecule has 12 heteroatoms. The lowest BCUT2D eigenvalue weighted by molar-refractivity contribution is -0.275. The summed E-state index contributed by atoms with van der Waals surface area (Å²) in [6, 6.07) is 3.69. The number of nitrogens with zero attached hydrogens (tertiary/aromatic N) is 2. The average molecular weight is 498 g/mol. The molecule has 0 unspecified atom stereocenters. The Bertz CT molecular complexity index is 1290. The van der Waals surface area contributed by atoms with Crippen molar-refractivity contribution in [2.24, 2.45) is 11.7 Å². The SMILES string of the molecule is COc1c([C@H]2[C@H](c3nc4c(C5(N)COC5)nccc4[nH]3)O[C@@](C)(C(F)(F)F)[C@H]2C)ccc(F)c1F. The third kappa shape index (κ3) is 3.41. The monoisotopic (exact) mass is 498 g/mol. The molecule has 2 aliphatic heterocycles. The topological polar surface area (TPSA) is 95.3 Å². The lowest BCUT2D eigenvalue weighted by Gasteiger charge is -2.37. The van der Waals surface area contributed by atoms with Crippen LogP contribution in [-0.4, -0.2) is 47.1 Å². The Kier molecular flexibility index (Phi) is 5.35. The van der Waals surface area contributed by atoms with Crippen LogP contribution in [0, 0.1) is 17.6 Å². The molecule has 35 heavy (non-hydrogen) atoms. The number of pyridine rings is 1. The van der Waals surface area contributed by atoms with E-state index in [0.29, 0.717) is 16.7 Å². The van der Waals surface area contributed by atoms with Crippen LogP contribution in [0.3, 0.4) is 0 Å². The molecule has 2 fully saturated rings. The van der Waals surface area contributed by atoms with Crippen molar-refractivity contribution in [2.75, 3.05) is 20.3 Å². The zero-order valence-electron chi connectivity index (χ0n) is 19.0. The Morgan fingerprint density at radius 1 is 1.20 bits per heavy atom. The molecule has 3 aromatic rings. The predicted molar refractivity (Wildman–Crippen MR) is 114 cm³/mol. The minimum Gasteiger partial charge on any atom is -0.493 e. The third-order valence-electron chi connectivity index (χ3n) is 7.19. The van der Waals surface area contributed by atoms with E-state index >= 15 is 0 Å². The third-order valence-corrected chi connectivity index (χ3v) is 7.19. The molecule has 0 bridgehead atoms. The van der Waals surface area contributed by atoms with E-state index in [0.717, 1.165) is 20.1 Å². The van der Waals surface area contributed by atoms with Gasteiger partial charge in [0.2, 0.25) is 5.82 Å². The lowest BCUT2D eigenvalue weighted by Crippen LogP contribution is -2.54. The van der Waals surface area contributed by atoms with E-state index in [-0.39, 0.29) is 24.6 Å². The average Bonchev–Trinajstić information content (AvgIpc) is 3.33. The van der Waals surface area contributed by atoms with Crippen LogP contribution in [0.2, 0.25) is 0 Å². The van der Waals surface area contributed by atoms with E-state index in [1.54, 1.807) is 6.07 Å². The van der Waals surface area contributed by atoms with Crippen molar-refractivity contribution < 1.29 is 36.2 Å². The summed E-state index contributed by atoms with van der Waals surface area (Å²) >= 11 is 0. The molecule has 0 saturated carbocycles. The van der Waals surface area contributed by atoms with E-state index in [2.05, 4.69) is 15.0 Å². The molecule has 7 nitrogen and oxygen atoms in total. The van der Waals surface area contributed by atoms with Crippen molar-refractivity contribution in [3.63, 3.8) is 0 Å². The van der Waals surface area contributed by atoms with Crippen LogP contribution in [0.1, 0.15) is 43.0 Å². The fraction of sp³-hybridized carbons (Fsp3) is 0.478. The Balaban J connectivity index is 1.69. The van der Waals surface area contributed by atoms with Gasteiger partial charge in [0.1, 0.15) is 23.0 Å². The minimum atomic E-state index is -4.76. The molecule has 4 heterocycles. The molecule has 3 N–H and O–H groups in total. The van der Waals surface area contributed by atoms with Crippen molar-refractivity contribution >= 4 is 11.0 Å². The first kappa shape index (κ1) is 23.9. The van der Waals surface area contributed by atoms with Crippen LogP contribution in [0.5, 0.6) is 5.75 Å². The molecule has 5 rings (SSSR count). The summed E-state index contributed by atoms with van der Waals surface area (Å²) in [5, 5.41) is 0. The van der Waals surface area contributed by atoms with Gasteiger partial charge in [-0.1, -0.05) is 13.0 Å². The van der Waals surface area contributed by atoms with Crippen LogP contribution in [0.15, 0.2) is 24.4 Å². The first-order valence-electron chi connectivity index (χ1n) is 10.9. The Morgan fingerprint density at radius 3 is 2.51 bits per heavy atom. The minimum absolute atomic E-state index is 0.0402. The smallest absolute Gasteiger partial charge is 0.417 e. The fourth-order valence-corrected chi connectivity index (χ4v) is 4.96. The van der Waals surface area contributed by atoms with Gasteiger partial charge in [0.15, 0.2) is 17.2 Å². The largest absolute Gasteiger partial charge is 0.493 e. The zero-order chi connectivity index (χ0) is 25.3. The van der Waals surface area contributed by atoms with Crippen LogP contribution < -0.4 is 10.5 Å². The van der Waals surface area contributed by atoms with Gasteiger partial charge in [-0.25, -0.2) is 9.37 Å². The normalized spacial score (nSPS) is 28.3. The number of rotatable bonds is 4. The molecule has 2 aliphatic rings. The fourth-order valence-electron chi connectivity index (χ4n) is 4.96. The summed E-state index contributed by atoms with van der Waals surface area (Å²) in [4.78, 5) is 11.9. The molecule has 0 amide bonds. The van der Waals surface area contributed by atoms with Gasteiger partial charge < -0.3 is 24.9 Å². The van der Waals surface area contributed by atoms with Crippen molar-refractivity contribution in [3.05, 3.63) is 53.1 Å². The maximum Gasteiger partial charge on any atom is 0.417 e. The number of alkyl halides is 3. The van der Waals surface area contributed by atoms with Gasteiger partial charge in [0.25, 0.3) is 0 Å². The number of aromatic amines is 1. The molecule has 1 aromatic carbocycles. The van der Waals surface area contributed by atoms with Crippen molar-refractivity contribution in [2.45, 2.75) is 43.2 Å². The van der Waals surface area contributed by atoms with Gasteiger partial charge >= 0.3 is 6.18 Å². The van der Waals surface area contributed by atoms with Crippen LogP contribution >= 0.6 is 0 Å². The highest BCUT2D eigenvalue weighted by Gasteiger charge is 2.65. The van der Waals surface area contributed by atoms with Gasteiger partial charge in [0.05, 0.1) is 31.5 Å². The number of H-pyrrole nitrogens is 1. The molecule has 2 saturated heterocycles. The first-order chi connectivity index (χ1) is 16.4. The molecule has 2 aromatic heterocycles. The van der Waals surface area contributed by atoms with Crippen LogP contribution in [0.4, 0.5) is 22.0 Å². The number of benzene rings is 1. The van der Waals surface area contributed by atoms with Gasteiger partial charge in [0, 0.05) is 23.6 Å². The number of imidazole rings is 1.